The fourth-order valence-corrected chi connectivity index (χ4v) is 5.46. The summed E-state index contributed by atoms with van der Waals surface area (Å²) in [6.07, 6.45) is 1.76. The minimum atomic E-state index is -0.386. The van der Waals surface area contributed by atoms with Crippen LogP contribution in [-0.4, -0.2) is 33.8 Å². The summed E-state index contributed by atoms with van der Waals surface area (Å²) in [7, 11) is 3.12. The molecule has 2 atom stereocenters. The van der Waals surface area contributed by atoms with Gasteiger partial charge in [0, 0.05) is 23.3 Å². The molecule has 0 radical (unpaired) electrons. The lowest BCUT2D eigenvalue weighted by Crippen LogP contribution is -2.29. The number of rotatable bonds is 7. The zero-order valence-corrected chi connectivity index (χ0v) is 22.2. The number of methoxy groups -OCH3 is 2. The van der Waals surface area contributed by atoms with Crippen molar-refractivity contribution in [2.45, 2.75) is 25.9 Å². The van der Waals surface area contributed by atoms with Crippen LogP contribution in [-0.2, 0) is 0 Å². The molecular formula is C28H27N5O4S. The van der Waals surface area contributed by atoms with E-state index in [0.717, 1.165) is 34.1 Å². The van der Waals surface area contributed by atoms with E-state index in [0.29, 0.717) is 16.5 Å². The van der Waals surface area contributed by atoms with Crippen LogP contribution in [0, 0.1) is 24.0 Å². The minimum Gasteiger partial charge on any atom is -0.497 e. The third-order valence-electron chi connectivity index (χ3n) is 6.86. The van der Waals surface area contributed by atoms with E-state index in [1.165, 1.54) is 13.2 Å². The van der Waals surface area contributed by atoms with Gasteiger partial charge >= 0.3 is 0 Å². The second-order valence-electron chi connectivity index (χ2n) is 8.97. The molecule has 1 aliphatic rings. The topological polar surface area (TPSA) is 94.7 Å². The fraction of sp³-hybridized carbons (Fsp3) is 0.214. The van der Waals surface area contributed by atoms with Crippen molar-refractivity contribution in [3.63, 3.8) is 0 Å². The maximum atomic E-state index is 12.0. The van der Waals surface area contributed by atoms with Crippen LogP contribution >= 0.6 is 12.2 Å². The number of ether oxygens (including phenoxy) is 2. The Morgan fingerprint density at radius 1 is 1.00 bits per heavy atom. The summed E-state index contributed by atoms with van der Waals surface area (Å²) in [4.78, 5) is 18.3. The van der Waals surface area contributed by atoms with Crippen LogP contribution in [0.25, 0.3) is 5.69 Å². The molecule has 0 unspecified atom stereocenters. The Balaban J connectivity index is 1.69. The van der Waals surface area contributed by atoms with Gasteiger partial charge in [-0.1, -0.05) is 6.07 Å². The van der Waals surface area contributed by atoms with Crippen LogP contribution in [0.4, 0.5) is 11.4 Å². The first-order valence-corrected chi connectivity index (χ1v) is 12.4. The van der Waals surface area contributed by atoms with Crippen molar-refractivity contribution in [1.29, 1.82) is 0 Å². The number of benzene rings is 2. The third-order valence-corrected chi connectivity index (χ3v) is 7.17. The van der Waals surface area contributed by atoms with E-state index in [-0.39, 0.29) is 22.7 Å². The van der Waals surface area contributed by atoms with E-state index in [4.69, 9.17) is 21.7 Å². The third kappa shape index (κ3) is 4.32. The highest BCUT2D eigenvalue weighted by Crippen LogP contribution is 2.44. The highest BCUT2D eigenvalue weighted by atomic mass is 32.1. The number of nitro benzene ring substituents is 1. The summed E-state index contributed by atoms with van der Waals surface area (Å²) in [6, 6.07) is 20.0. The molecule has 0 amide bonds. The van der Waals surface area contributed by atoms with Crippen LogP contribution in [0.3, 0.4) is 0 Å². The van der Waals surface area contributed by atoms with E-state index in [2.05, 4.69) is 21.3 Å². The number of aromatic nitrogens is 2. The molecule has 2 aromatic carbocycles. The summed E-state index contributed by atoms with van der Waals surface area (Å²) < 4.78 is 12.5. The molecule has 1 saturated heterocycles. The molecule has 0 spiro atoms. The lowest BCUT2D eigenvalue weighted by Gasteiger charge is -2.28. The summed E-state index contributed by atoms with van der Waals surface area (Å²) >= 11 is 5.84. The van der Waals surface area contributed by atoms with Crippen molar-refractivity contribution in [3.05, 3.63) is 106 Å². The standard InChI is InChI=1S/C28H27N5O4S/c1-17-15-22(18(2)31(17)24-13-12-21(37-4)16-25(24)33(34)35)27-26(23-7-5-6-14-29-23)30-28(38)32(27)19-8-10-20(36-3)11-9-19/h5-16,26-27H,1-4H3,(H,30,38)/t26-,27+/m0/s1. The fourth-order valence-electron chi connectivity index (χ4n) is 5.12. The molecule has 194 valence electrons. The van der Waals surface area contributed by atoms with Gasteiger partial charge in [0.05, 0.1) is 43.0 Å². The maximum absolute atomic E-state index is 12.0. The Bertz CT molecular complexity index is 1500. The van der Waals surface area contributed by atoms with E-state index in [1.807, 2.05) is 60.9 Å². The van der Waals surface area contributed by atoms with Gasteiger partial charge in [-0.2, -0.15) is 0 Å². The first-order valence-electron chi connectivity index (χ1n) is 12.0. The predicted molar refractivity (Wildman–Crippen MR) is 149 cm³/mol. The lowest BCUT2D eigenvalue weighted by atomic mass is 9.96. The molecule has 10 heteroatoms. The van der Waals surface area contributed by atoms with Crippen molar-refractivity contribution >= 4 is 28.7 Å². The highest BCUT2D eigenvalue weighted by molar-refractivity contribution is 7.80. The molecule has 38 heavy (non-hydrogen) atoms. The number of thiocarbonyl (C=S) groups is 1. The number of nitrogens with one attached hydrogen (secondary N) is 1. The van der Waals surface area contributed by atoms with Gasteiger partial charge in [0.1, 0.15) is 17.2 Å². The van der Waals surface area contributed by atoms with Gasteiger partial charge in [-0.05, 0) is 86.2 Å². The average molecular weight is 530 g/mol. The monoisotopic (exact) mass is 529 g/mol. The second kappa shape index (κ2) is 10.1. The number of anilines is 1. The predicted octanol–water partition coefficient (Wildman–Crippen LogP) is 5.59. The molecule has 1 N–H and O–H groups in total. The van der Waals surface area contributed by atoms with Crippen molar-refractivity contribution in [2.75, 3.05) is 19.1 Å². The Kier molecular flexibility index (Phi) is 6.73. The normalized spacial score (nSPS) is 16.8. The number of aryl methyl sites for hydroxylation is 1. The van der Waals surface area contributed by atoms with E-state index in [9.17, 15) is 10.1 Å². The van der Waals surface area contributed by atoms with Gasteiger partial charge in [-0.3, -0.25) is 15.1 Å². The Morgan fingerprint density at radius 2 is 1.71 bits per heavy atom. The summed E-state index contributed by atoms with van der Waals surface area (Å²) in [5.41, 5.74) is 4.88. The average Bonchev–Trinajstić information content (AvgIpc) is 3.43. The molecule has 4 aromatic rings. The summed E-state index contributed by atoms with van der Waals surface area (Å²) in [5, 5.41) is 16.0. The van der Waals surface area contributed by atoms with Crippen LogP contribution in [0.15, 0.2) is 72.9 Å². The van der Waals surface area contributed by atoms with Crippen LogP contribution in [0.1, 0.15) is 34.7 Å². The minimum absolute atomic E-state index is 0.0361. The van der Waals surface area contributed by atoms with Crippen LogP contribution in [0.2, 0.25) is 0 Å². The number of nitro groups is 1. The van der Waals surface area contributed by atoms with Gasteiger partial charge in [-0.15, -0.1) is 0 Å². The molecule has 9 nitrogen and oxygen atoms in total. The number of hydrogen-bond donors (Lipinski definition) is 1. The Morgan fingerprint density at radius 3 is 2.34 bits per heavy atom. The van der Waals surface area contributed by atoms with Gasteiger partial charge in [0.2, 0.25) is 0 Å². The SMILES string of the molecule is COc1ccc(N2C(=S)N[C@@H](c3ccccn3)[C@H]2c2cc(C)n(-c3ccc(OC)cc3[N+](=O)[O-])c2C)cc1. The molecule has 3 heterocycles. The first kappa shape index (κ1) is 25.2. The maximum Gasteiger partial charge on any atom is 0.296 e. The molecule has 1 fully saturated rings. The van der Waals surface area contributed by atoms with Gasteiger partial charge in [0.15, 0.2) is 5.11 Å². The molecule has 1 aliphatic heterocycles. The second-order valence-corrected chi connectivity index (χ2v) is 9.35. The molecule has 0 aliphatic carbocycles. The highest BCUT2D eigenvalue weighted by Gasteiger charge is 2.42. The number of hydrogen-bond acceptors (Lipinski definition) is 6. The summed E-state index contributed by atoms with van der Waals surface area (Å²) in [6.45, 7) is 3.91. The first-order chi connectivity index (χ1) is 18.3. The number of nitrogens with zero attached hydrogens (tertiary/aromatic N) is 4. The van der Waals surface area contributed by atoms with Crippen molar-refractivity contribution in [3.8, 4) is 17.2 Å². The molecule has 0 saturated carbocycles. The van der Waals surface area contributed by atoms with Gasteiger partial charge in [0.25, 0.3) is 5.69 Å². The molecule has 2 aromatic heterocycles. The quantitative estimate of drug-likeness (QED) is 0.188. The van der Waals surface area contributed by atoms with Gasteiger partial charge < -0.3 is 24.3 Å². The zero-order chi connectivity index (χ0) is 27.0. The zero-order valence-electron chi connectivity index (χ0n) is 21.4. The summed E-state index contributed by atoms with van der Waals surface area (Å²) in [5.74, 6) is 1.17. The van der Waals surface area contributed by atoms with Crippen molar-refractivity contribution < 1.29 is 14.4 Å². The van der Waals surface area contributed by atoms with E-state index >= 15 is 0 Å². The van der Waals surface area contributed by atoms with Gasteiger partial charge in [-0.25, -0.2) is 0 Å². The van der Waals surface area contributed by atoms with E-state index in [1.54, 1.807) is 25.4 Å². The Labute approximate surface area is 225 Å². The van der Waals surface area contributed by atoms with Crippen molar-refractivity contribution in [1.82, 2.24) is 14.9 Å². The smallest absolute Gasteiger partial charge is 0.296 e. The molecule has 5 rings (SSSR count). The largest absolute Gasteiger partial charge is 0.497 e. The van der Waals surface area contributed by atoms with E-state index < -0.39 is 0 Å². The van der Waals surface area contributed by atoms with Crippen molar-refractivity contribution in [2.24, 2.45) is 0 Å². The molecule has 0 bridgehead atoms. The molecular weight excluding hydrogens is 502 g/mol. The Hall–Kier alpha value is -4.44. The lowest BCUT2D eigenvalue weighted by molar-refractivity contribution is -0.384. The number of pyridine rings is 1. The van der Waals surface area contributed by atoms with Crippen LogP contribution < -0.4 is 19.7 Å². The van der Waals surface area contributed by atoms with Crippen LogP contribution in [0.5, 0.6) is 11.5 Å².